The van der Waals surface area contributed by atoms with Crippen LogP contribution in [0.2, 0.25) is 0 Å². The molecule has 1 atom stereocenters. The maximum Gasteiger partial charge on any atom is 0.338 e. The number of allylic oxidation sites excluding steroid dienone is 1. The molecule has 0 saturated heterocycles. The van der Waals surface area contributed by atoms with Gasteiger partial charge in [0.15, 0.2) is 4.80 Å². The summed E-state index contributed by atoms with van der Waals surface area (Å²) in [7, 11) is 1.57. The lowest BCUT2D eigenvalue weighted by Crippen LogP contribution is -2.40. The van der Waals surface area contributed by atoms with E-state index in [4.69, 9.17) is 14.2 Å². The Bertz CT molecular complexity index is 2030. The number of aromatic nitrogens is 1. The van der Waals surface area contributed by atoms with E-state index in [1.165, 1.54) is 22.1 Å². The summed E-state index contributed by atoms with van der Waals surface area (Å²) in [5, 5.41) is 2.35. The third-order valence-corrected chi connectivity index (χ3v) is 8.39. The van der Waals surface area contributed by atoms with Crippen molar-refractivity contribution in [3.05, 3.63) is 139 Å². The highest BCUT2D eigenvalue weighted by Crippen LogP contribution is 2.35. The summed E-state index contributed by atoms with van der Waals surface area (Å²) in [5.41, 5.74) is 3.23. The Balaban J connectivity index is 1.33. The van der Waals surface area contributed by atoms with Crippen molar-refractivity contribution in [1.82, 2.24) is 4.57 Å². The number of methoxy groups -OCH3 is 1. The summed E-state index contributed by atoms with van der Waals surface area (Å²) in [6.07, 6.45) is 1.83. The number of rotatable bonds is 8. The first-order valence-electron chi connectivity index (χ1n) is 14.0. The van der Waals surface area contributed by atoms with Crippen LogP contribution in [0.5, 0.6) is 11.5 Å². The molecule has 0 radical (unpaired) electrons. The molecule has 43 heavy (non-hydrogen) atoms. The Morgan fingerprint density at radius 1 is 0.977 bits per heavy atom. The molecule has 0 N–H and O–H groups in total. The molecule has 0 bridgehead atoms. The molecule has 4 aromatic carbocycles. The van der Waals surface area contributed by atoms with Gasteiger partial charge in [-0.2, -0.15) is 0 Å². The minimum atomic E-state index is -0.738. The first kappa shape index (κ1) is 28.2. The van der Waals surface area contributed by atoms with Crippen molar-refractivity contribution < 1.29 is 19.0 Å². The van der Waals surface area contributed by atoms with E-state index in [0.29, 0.717) is 38.5 Å². The van der Waals surface area contributed by atoms with Gasteiger partial charge in [0.25, 0.3) is 5.56 Å². The number of hydrogen-bond acceptors (Lipinski definition) is 7. The van der Waals surface area contributed by atoms with Crippen molar-refractivity contribution in [2.75, 3.05) is 13.7 Å². The minimum Gasteiger partial charge on any atom is -0.496 e. The lowest BCUT2D eigenvalue weighted by atomic mass is 9.95. The van der Waals surface area contributed by atoms with Crippen molar-refractivity contribution in [1.29, 1.82) is 0 Å². The summed E-state index contributed by atoms with van der Waals surface area (Å²) in [6.45, 7) is 4.18. The Hall–Kier alpha value is -4.95. The van der Waals surface area contributed by atoms with Gasteiger partial charge in [-0.3, -0.25) is 9.36 Å². The molecule has 0 spiro atoms. The van der Waals surface area contributed by atoms with Crippen molar-refractivity contribution in [2.45, 2.75) is 26.5 Å². The zero-order valence-electron chi connectivity index (χ0n) is 24.1. The Labute approximate surface area is 252 Å². The summed E-state index contributed by atoms with van der Waals surface area (Å²) in [5.74, 6) is 0.795. The van der Waals surface area contributed by atoms with E-state index in [1.54, 1.807) is 25.5 Å². The van der Waals surface area contributed by atoms with Crippen molar-refractivity contribution >= 4 is 34.2 Å². The Morgan fingerprint density at radius 3 is 2.51 bits per heavy atom. The van der Waals surface area contributed by atoms with Crippen LogP contribution in [-0.2, 0) is 16.1 Å². The quantitative estimate of drug-likeness (QED) is 0.222. The van der Waals surface area contributed by atoms with Crippen LogP contribution in [0.3, 0.4) is 0 Å². The van der Waals surface area contributed by atoms with Gasteiger partial charge < -0.3 is 14.2 Å². The number of fused-ring (bicyclic) bond motifs is 2. The van der Waals surface area contributed by atoms with Crippen LogP contribution in [0.4, 0.5) is 0 Å². The van der Waals surface area contributed by atoms with Gasteiger partial charge in [0.2, 0.25) is 0 Å². The first-order chi connectivity index (χ1) is 21.0. The highest BCUT2D eigenvalue weighted by Gasteiger charge is 2.34. The molecule has 0 unspecified atom stereocenters. The molecule has 8 heteroatoms. The third kappa shape index (κ3) is 5.49. The van der Waals surface area contributed by atoms with Crippen molar-refractivity contribution in [3.8, 4) is 11.5 Å². The predicted molar refractivity (Wildman–Crippen MR) is 168 cm³/mol. The number of hydrogen-bond donors (Lipinski definition) is 0. The second-order valence-corrected chi connectivity index (χ2v) is 11.0. The van der Waals surface area contributed by atoms with Crippen LogP contribution >= 0.6 is 11.3 Å². The molecule has 0 aliphatic carbocycles. The van der Waals surface area contributed by atoms with Crippen LogP contribution in [0.25, 0.3) is 16.8 Å². The Morgan fingerprint density at radius 2 is 1.72 bits per heavy atom. The van der Waals surface area contributed by atoms with Crippen molar-refractivity contribution in [2.24, 2.45) is 4.99 Å². The van der Waals surface area contributed by atoms with Gasteiger partial charge in [0.05, 0.1) is 29.5 Å². The van der Waals surface area contributed by atoms with Crippen molar-refractivity contribution in [3.63, 3.8) is 0 Å². The summed E-state index contributed by atoms with van der Waals surface area (Å²) in [6, 6.07) is 28.7. The van der Waals surface area contributed by atoms with E-state index in [-0.39, 0.29) is 12.2 Å². The lowest BCUT2D eigenvalue weighted by Gasteiger charge is -2.25. The Kier molecular flexibility index (Phi) is 7.94. The number of carbonyl (C=O) groups is 1. The molecule has 1 aliphatic heterocycles. The number of ether oxygens (including phenoxy) is 3. The lowest BCUT2D eigenvalue weighted by molar-refractivity contribution is -0.139. The summed E-state index contributed by atoms with van der Waals surface area (Å²) in [4.78, 5) is 32.2. The molecule has 216 valence electrons. The molecule has 0 fully saturated rings. The number of thiazole rings is 1. The number of esters is 1. The number of nitrogens with zero attached hydrogens (tertiary/aromatic N) is 2. The molecule has 5 aromatic rings. The van der Waals surface area contributed by atoms with E-state index in [9.17, 15) is 9.59 Å². The first-order valence-corrected chi connectivity index (χ1v) is 14.8. The molecule has 1 aromatic heterocycles. The second kappa shape index (κ2) is 12.1. The average molecular weight is 591 g/mol. The van der Waals surface area contributed by atoms with Gasteiger partial charge in [-0.15, -0.1) is 0 Å². The van der Waals surface area contributed by atoms with Crippen LogP contribution in [-0.4, -0.2) is 24.3 Å². The molecule has 7 nitrogen and oxygen atoms in total. The molecule has 0 amide bonds. The molecule has 0 saturated carbocycles. The van der Waals surface area contributed by atoms with Crippen LogP contribution < -0.4 is 24.4 Å². The fraction of sp³-hybridized carbons (Fsp3) is 0.171. The van der Waals surface area contributed by atoms with Gasteiger partial charge >= 0.3 is 5.97 Å². The molecule has 6 rings (SSSR count). The molecule has 2 heterocycles. The van der Waals surface area contributed by atoms with Gasteiger partial charge in [-0.05, 0) is 60.0 Å². The van der Waals surface area contributed by atoms with E-state index in [1.807, 2.05) is 72.8 Å². The SMILES string of the molecule is CCOC(=O)C1=C(C)N=c2s/c(=C/c3ccc(OCc4cccc5ccccc45)cc3)c(=O)n2[C@@H]1c1ccccc1OC. The van der Waals surface area contributed by atoms with Crippen LogP contribution in [0, 0.1) is 0 Å². The topological polar surface area (TPSA) is 79.1 Å². The van der Waals surface area contributed by atoms with E-state index >= 15 is 0 Å². The zero-order chi connectivity index (χ0) is 29.9. The smallest absolute Gasteiger partial charge is 0.338 e. The largest absolute Gasteiger partial charge is 0.496 e. The third-order valence-electron chi connectivity index (χ3n) is 7.40. The van der Waals surface area contributed by atoms with Gasteiger partial charge in [-0.25, -0.2) is 9.79 Å². The van der Waals surface area contributed by atoms with Gasteiger partial charge in [-0.1, -0.05) is 84.1 Å². The van der Waals surface area contributed by atoms with E-state index in [0.717, 1.165) is 16.9 Å². The highest BCUT2D eigenvalue weighted by molar-refractivity contribution is 7.07. The van der Waals surface area contributed by atoms with Crippen LogP contribution in [0.1, 0.15) is 36.6 Å². The van der Waals surface area contributed by atoms with E-state index < -0.39 is 12.0 Å². The van der Waals surface area contributed by atoms with E-state index in [2.05, 4.69) is 29.3 Å². The monoisotopic (exact) mass is 590 g/mol. The molecule has 1 aliphatic rings. The predicted octanol–water partition coefficient (Wildman–Crippen LogP) is 5.54. The normalized spacial score (nSPS) is 14.8. The fourth-order valence-corrected chi connectivity index (χ4v) is 6.42. The second-order valence-electron chi connectivity index (χ2n) is 10.0. The zero-order valence-corrected chi connectivity index (χ0v) is 24.9. The molecular formula is C35H30N2O5S. The fourth-order valence-electron chi connectivity index (χ4n) is 5.37. The number of para-hydroxylation sites is 1. The summed E-state index contributed by atoms with van der Waals surface area (Å²) < 4.78 is 19.2. The van der Waals surface area contributed by atoms with Crippen LogP contribution in [0.15, 0.2) is 112 Å². The number of carbonyl (C=O) groups excluding carboxylic acids is 1. The van der Waals surface area contributed by atoms with Gasteiger partial charge in [0.1, 0.15) is 24.1 Å². The standard InChI is InChI=1S/C35H30N2O5S/c1-4-41-34(39)31-22(2)36-35-37(32(31)28-14-7-8-15-29(28)40-3)33(38)30(43-35)20-23-16-18-26(19-17-23)42-21-25-12-9-11-24-10-5-6-13-27(24)25/h5-20,32H,4,21H2,1-3H3/b30-20+/t32-/m1/s1. The highest BCUT2D eigenvalue weighted by atomic mass is 32.1. The van der Waals surface area contributed by atoms with Gasteiger partial charge in [0, 0.05) is 5.56 Å². The average Bonchev–Trinajstić information content (AvgIpc) is 3.33. The summed E-state index contributed by atoms with van der Waals surface area (Å²) >= 11 is 1.28. The number of benzene rings is 4. The minimum absolute atomic E-state index is 0.209. The maximum atomic E-state index is 13.9. The molecular weight excluding hydrogens is 560 g/mol. The maximum absolute atomic E-state index is 13.9.